The Kier molecular flexibility index (Phi) is 3.23. The second-order valence-corrected chi connectivity index (χ2v) is 5.30. The van der Waals surface area contributed by atoms with Gasteiger partial charge in [-0.1, -0.05) is 38.0 Å². The lowest BCUT2D eigenvalue weighted by molar-refractivity contribution is 0.0924. The molecule has 4 nitrogen and oxygen atoms in total. The number of nitrogens with one attached hydrogen (secondary N) is 2. The van der Waals surface area contributed by atoms with Crippen LogP contribution in [0.4, 0.5) is 0 Å². The summed E-state index contributed by atoms with van der Waals surface area (Å²) in [6, 6.07) is 8.04. The van der Waals surface area contributed by atoms with Gasteiger partial charge in [0.05, 0.1) is 5.52 Å². The number of aromatic nitrogens is 2. The lowest BCUT2D eigenvalue weighted by Gasteiger charge is -2.18. The quantitative estimate of drug-likeness (QED) is 0.888. The Hall–Kier alpha value is -1.84. The van der Waals surface area contributed by atoms with E-state index in [1.807, 2.05) is 24.3 Å². The number of carbonyl (C=O) groups excluding carboxylic acids is 1. The molecule has 1 heterocycles. The van der Waals surface area contributed by atoms with E-state index in [1.165, 1.54) is 12.8 Å². The molecular formula is C15H19N3O. The van der Waals surface area contributed by atoms with Crippen LogP contribution in [0.3, 0.4) is 0 Å². The van der Waals surface area contributed by atoms with Crippen LogP contribution in [0.15, 0.2) is 24.3 Å². The summed E-state index contributed by atoms with van der Waals surface area (Å²) >= 11 is 0. The highest BCUT2D eigenvalue weighted by Gasteiger charge is 2.28. The van der Waals surface area contributed by atoms with Gasteiger partial charge in [0.1, 0.15) is 0 Å². The summed E-state index contributed by atoms with van der Waals surface area (Å²) in [6.45, 7) is 2.19. The van der Waals surface area contributed by atoms with Gasteiger partial charge < -0.3 is 5.32 Å². The van der Waals surface area contributed by atoms with E-state index < -0.39 is 0 Å². The van der Waals surface area contributed by atoms with Crippen molar-refractivity contribution in [3.63, 3.8) is 0 Å². The molecule has 0 spiro atoms. The molecule has 0 bridgehead atoms. The Morgan fingerprint density at radius 2 is 2.26 bits per heavy atom. The van der Waals surface area contributed by atoms with Gasteiger partial charge in [-0.15, -0.1) is 0 Å². The van der Waals surface area contributed by atoms with Crippen LogP contribution >= 0.6 is 0 Å². The molecule has 1 fully saturated rings. The van der Waals surface area contributed by atoms with Gasteiger partial charge in [-0.25, -0.2) is 0 Å². The summed E-state index contributed by atoms with van der Waals surface area (Å²) < 4.78 is 0. The number of hydrogen-bond acceptors (Lipinski definition) is 2. The molecule has 1 amide bonds. The summed E-state index contributed by atoms with van der Waals surface area (Å²) in [5, 5.41) is 11.1. The van der Waals surface area contributed by atoms with E-state index in [9.17, 15) is 4.79 Å². The number of H-pyrrole nitrogens is 1. The molecule has 1 aliphatic carbocycles. The molecule has 2 N–H and O–H groups in total. The van der Waals surface area contributed by atoms with Crippen LogP contribution in [-0.4, -0.2) is 22.1 Å². The lowest BCUT2D eigenvalue weighted by atomic mass is 10.0. The SMILES string of the molecule is CCC1CCCC1NC(=O)c1n[nH]c2ccccc12. The molecule has 0 saturated heterocycles. The molecule has 1 aromatic heterocycles. The zero-order valence-corrected chi connectivity index (χ0v) is 11.1. The first-order valence-corrected chi connectivity index (χ1v) is 7.03. The normalized spacial score (nSPS) is 22.8. The Morgan fingerprint density at radius 3 is 3.11 bits per heavy atom. The van der Waals surface area contributed by atoms with Crippen LogP contribution in [0.25, 0.3) is 10.9 Å². The third-order valence-corrected chi connectivity index (χ3v) is 4.19. The van der Waals surface area contributed by atoms with Crippen molar-refractivity contribution >= 4 is 16.8 Å². The fourth-order valence-corrected chi connectivity index (χ4v) is 3.09. The number of rotatable bonds is 3. The predicted octanol–water partition coefficient (Wildman–Crippen LogP) is 2.87. The highest BCUT2D eigenvalue weighted by Crippen LogP contribution is 2.28. The van der Waals surface area contributed by atoms with Gasteiger partial charge in [-0.2, -0.15) is 5.10 Å². The van der Waals surface area contributed by atoms with Gasteiger partial charge in [-0.05, 0) is 24.8 Å². The van der Waals surface area contributed by atoms with Crippen molar-refractivity contribution in [1.29, 1.82) is 0 Å². The summed E-state index contributed by atoms with van der Waals surface area (Å²) in [7, 11) is 0. The molecule has 1 aliphatic rings. The van der Waals surface area contributed by atoms with Crippen molar-refractivity contribution in [2.45, 2.75) is 38.6 Å². The number of carbonyl (C=O) groups is 1. The van der Waals surface area contributed by atoms with Gasteiger partial charge in [0.15, 0.2) is 5.69 Å². The van der Waals surface area contributed by atoms with E-state index in [1.54, 1.807) is 0 Å². The van der Waals surface area contributed by atoms with Crippen LogP contribution < -0.4 is 5.32 Å². The second-order valence-electron chi connectivity index (χ2n) is 5.30. The zero-order chi connectivity index (χ0) is 13.2. The predicted molar refractivity (Wildman–Crippen MR) is 75.0 cm³/mol. The summed E-state index contributed by atoms with van der Waals surface area (Å²) in [5.41, 5.74) is 1.42. The van der Waals surface area contributed by atoms with Gasteiger partial charge in [0.25, 0.3) is 5.91 Å². The van der Waals surface area contributed by atoms with Crippen LogP contribution in [-0.2, 0) is 0 Å². The highest BCUT2D eigenvalue weighted by molar-refractivity contribution is 6.04. The smallest absolute Gasteiger partial charge is 0.272 e. The minimum atomic E-state index is -0.0530. The molecule has 100 valence electrons. The zero-order valence-electron chi connectivity index (χ0n) is 11.1. The number of fused-ring (bicyclic) bond motifs is 1. The van der Waals surface area contributed by atoms with Crippen molar-refractivity contribution < 1.29 is 4.79 Å². The lowest BCUT2D eigenvalue weighted by Crippen LogP contribution is -2.37. The van der Waals surface area contributed by atoms with Gasteiger partial charge >= 0.3 is 0 Å². The van der Waals surface area contributed by atoms with E-state index in [4.69, 9.17) is 0 Å². The van der Waals surface area contributed by atoms with E-state index in [2.05, 4.69) is 22.4 Å². The van der Waals surface area contributed by atoms with Crippen molar-refractivity contribution in [3.05, 3.63) is 30.0 Å². The fourth-order valence-electron chi connectivity index (χ4n) is 3.09. The summed E-state index contributed by atoms with van der Waals surface area (Å²) in [4.78, 5) is 12.3. The van der Waals surface area contributed by atoms with Crippen LogP contribution in [0, 0.1) is 5.92 Å². The van der Waals surface area contributed by atoms with Gasteiger partial charge in [-0.3, -0.25) is 9.89 Å². The van der Waals surface area contributed by atoms with E-state index in [0.717, 1.165) is 23.7 Å². The summed E-state index contributed by atoms with van der Waals surface area (Å²) in [5.74, 6) is 0.567. The molecule has 1 aromatic carbocycles. The molecule has 0 aliphatic heterocycles. The Bertz CT molecular complexity index is 590. The maximum absolute atomic E-state index is 12.3. The number of para-hydroxylation sites is 1. The third-order valence-electron chi connectivity index (χ3n) is 4.19. The fraction of sp³-hybridized carbons (Fsp3) is 0.467. The average Bonchev–Trinajstić information content (AvgIpc) is 3.04. The first kappa shape index (κ1) is 12.2. The topological polar surface area (TPSA) is 57.8 Å². The van der Waals surface area contributed by atoms with Crippen LogP contribution in [0.1, 0.15) is 43.1 Å². The molecular weight excluding hydrogens is 238 g/mol. The van der Waals surface area contributed by atoms with E-state index in [0.29, 0.717) is 17.7 Å². The van der Waals surface area contributed by atoms with Crippen molar-refractivity contribution in [2.24, 2.45) is 5.92 Å². The van der Waals surface area contributed by atoms with Crippen LogP contribution in [0.2, 0.25) is 0 Å². The number of hydrogen-bond donors (Lipinski definition) is 2. The molecule has 0 radical (unpaired) electrons. The Balaban J connectivity index is 1.80. The number of benzene rings is 1. The standard InChI is InChI=1S/C15H19N3O/c1-2-10-6-5-9-12(10)16-15(19)14-11-7-3-4-8-13(11)17-18-14/h3-4,7-8,10,12H,2,5-6,9H2,1H3,(H,16,19)(H,17,18). The molecule has 2 unspecified atom stereocenters. The number of nitrogens with zero attached hydrogens (tertiary/aromatic N) is 1. The maximum atomic E-state index is 12.3. The minimum absolute atomic E-state index is 0.0530. The Morgan fingerprint density at radius 1 is 1.42 bits per heavy atom. The third kappa shape index (κ3) is 2.23. The second kappa shape index (κ2) is 5.03. The maximum Gasteiger partial charge on any atom is 0.272 e. The first-order chi connectivity index (χ1) is 9.29. The van der Waals surface area contributed by atoms with Crippen molar-refractivity contribution in [1.82, 2.24) is 15.5 Å². The monoisotopic (exact) mass is 257 g/mol. The number of amides is 1. The van der Waals surface area contributed by atoms with E-state index >= 15 is 0 Å². The average molecular weight is 257 g/mol. The van der Waals surface area contributed by atoms with E-state index in [-0.39, 0.29) is 5.91 Å². The molecule has 2 aromatic rings. The molecule has 19 heavy (non-hydrogen) atoms. The van der Waals surface area contributed by atoms with Crippen molar-refractivity contribution in [2.75, 3.05) is 0 Å². The van der Waals surface area contributed by atoms with Crippen LogP contribution in [0.5, 0.6) is 0 Å². The molecule has 1 saturated carbocycles. The molecule has 3 rings (SSSR count). The minimum Gasteiger partial charge on any atom is -0.348 e. The first-order valence-electron chi connectivity index (χ1n) is 7.03. The van der Waals surface area contributed by atoms with Crippen molar-refractivity contribution in [3.8, 4) is 0 Å². The van der Waals surface area contributed by atoms with Gasteiger partial charge in [0, 0.05) is 11.4 Å². The van der Waals surface area contributed by atoms with Gasteiger partial charge in [0.2, 0.25) is 0 Å². The number of aromatic amines is 1. The summed E-state index contributed by atoms with van der Waals surface area (Å²) in [6.07, 6.45) is 4.66. The molecule has 4 heteroatoms. The Labute approximate surface area is 112 Å². The largest absolute Gasteiger partial charge is 0.348 e. The molecule has 2 atom stereocenters. The highest BCUT2D eigenvalue weighted by atomic mass is 16.2.